The molecule has 0 radical (unpaired) electrons. The van der Waals surface area contributed by atoms with E-state index in [2.05, 4.69) is 31.3 Å². The van der Waals surface area contributed by atoms with Gasteiger partial charge in [0.2, 0.25) is 5.91 Å². The molecule has 2 aromatic rings. The van der Waals surface area contributed by atoms with Gasteiger partial charge < -0.3 is 15.0 Å². The van der Waals surface area contributed by atoms with E-state index in [0.29, 0.717) is 6.54 Å². The SMILES string of the molecule is CCCCCOc1ccc(CN2C(=O)[C@H](NC(C)=O)c3cc(CCCC)ccc32)cc1. The molecule has 1 aliphatic rings. The fraction of sp³-hybridized carbons (Fsp3) is 0.462. The Hall–Kier alpha value is -2.82. The number of benzene rings is 2. The molecular weight excluding hydrogens is 388 g/mol. The molecule has 166 valence electrons. The zero-order valence-corrected chi connectivity index (χ0v) is 18.9. The molecule has 3 rings (SSSR count). The van der Waals surface area contributed by atoms with E-state index in [1.807, 2.05) is 30.3 Å². The van der Waals surface area contributed by atoms with E-state index in [-0.39, 0.29) is 11.8 Å². The highest BCUT2D eigenvalue weighted by Gasteiger charge is 2.37. The molecule has 0 aliphatic carbocycles. The monoisotopic (exact) mass is 422 g/mol. The lowest BCUT2D eigenvalue weighted by molar-refractivity contribution is -0.126. The zero-order chi connectivity index (χ0) is 22.2. The molecule has 1 atom stereocenters. The predicted molar refractivity (Wildman–Crippen MR) is 124 cm³/mol. The quantitative estimate of drug-likeness (QED) is 0.499. The van der Waals surface area contributed by atoms with Gasteiger partial charge in [0.05, 0.1) is 13.2 Å². The van der Waals surface area contributed by atoms with Crippen molar-refractivity contribution >= 4 is 17.5 Å². The van der Waals surface area contributed by atoms with Crippen LogP contribution in [0.3, 0.4) is 0 Å². The summed E-state index contributed by atoms with van der Waals surface area (Å²) >= 11 is 0. The van der Waals surface area contributed by atoms with Gasteiger partial charge in [-0.2, -0.15) is 0 Å². The number of anilines is 1. The summed E-state index contributed by atoms with van der Waals surface area (Å²) in [5, 5.41) is 2.84. The molecule has 0 fully saturated rings. The lowest BCUT2D eigenvalue weighted by atomic mass is 10.0. The van der Waals surface area contributed by atoms with Crippen LogP contribution in [-0.2, 0) is 22.6 Å². The van der Waals surface area contributed by atoms with Crippen LogP contribution in [0, 0.1) is 0 Å². The van der Waals surface area contributed by atoms with E-state index >= 15 is 0 Å². The maximum atomic E-state index is 13.2. The van der Waals surface area contributed by atoms with Crippen LogP contribution in [-0.4, -0.2) is 18.4 Å². The van der Waals surface area contributed by atoms with E-state index in [1.165, 1.54) is 25.3 Å². The Balaban J connectivity index is 1.75. The van der Waals surface area contributed by atoms with Gasteiger partial charge in [0, 0.05) is 18.2 Å². The molecule has 1 heterocycles. The van der Waals surface area contributed by atoms with Crippen molar-refractivity contribution in [3.05, 3.63) is 59.2 Å². The average Bonchev–Trinajstić information content (AvgIpc) is 3.01. The maximum Gasteiger partial charge on any atom is 0.254 e. The van der Waals surface area contributed by atoms with Gasteiger partial charge in [-0.25, -0.2) is 0 Å². The van der Waals surface area contributed by atoms with Crippen LogP contribution >= 0.6 is 0 Å². The van der Waals surface area contributed by atoms with Crippen molar-refractivity contribution < 1.29 is 14.3 Å². The van der Waals surface area contributed by atoms with Crippen LogP contribution in [0.15, 0.2) is 42.5 Å². The fourth-order valence-electron chi connectivity index (χ4n) is 3.95. The van der Waals surface area contributed by atoms with Crippen LogP contribution in [0.5, 0.6) is 5.75 Å². The number of nitrogens with zero attached hydrogens (tertiary/aromatic N) is 1. The van der Waals surface area contributed by atoms with Crippen LogP contribution < -0.4 is 15.0 Å². The van der Waals surface area contributed by atoms with E-state index in [0.717, 1.165) is 54.9 Å². The number of fused-ring (bicyclic) bond motifs is 1. The normalized spacial score (nSPS) is 15.1. The highest BCUT2D eigenvalue weighted by Crippen LogP contribution is 2.38. The molecule has 5 nitrogen and oxygen atoms in total. The average molecular weight is 423 g/mol. The van der Waals surface area contributed by atoms with Gasteiger partial charge in [-0.1, -0.05) is 57.4 Å². The molecule has 31 heavy (non-hydrogen) atoms. The van der Waals surface area contributed by atoms with E-state index in [1.54, 1.807) is 4.90 Å². The van der Waals surface area contributed by atoms with Crippen LogP contribution in [0.4, 0.5) is 5.69 Å². The van der Waals surface area contributed by atoms with Crippen molar-refractivity contribution in [2.24, 2.45) is 0 Å². The Morgan fingerprint density at radius 2 is 1.71 bits per heavy atom. The van der Waals surface area contributed by atoms with E-state index < -0.39 is 6.04 Å². The van der Waals surface area contributed by atoms with Crippen molar-refractivity contribution in [3.8, 4) is 5.75 Å². The number of hydrogen-bond acceptors (Lipinski definition) is 3. The molecule has 0 saturated heterocycles. The van der Waals surface area contributed by atoms with Crippen LogP contribution in [0.2, 0.25) is 0 Å². The number of carbonyl (C=O) groups is 2. The molecule has 0 unspecified atom stereocenters. The molecule has 0 spiro atoms. The lowest BCUT2D eigenvalue weighted by Gasteiger charge is -2.18. The Morgan fingerprint density at radius 3 is 2.39 bits per heavy atom. The Morgan fingerprint density at radius 1 is 1.00 bits per heavy atom. The lowest BCUT2D eigenvalue weighted by Crippen LogP contribution is -2.36. The number of amides is 2. The zero-order valence-electron chi connectivity index (χ0n) is 18.9. The first-order valence-corrected chi connectivity index (χ1v) is 11.5. The molecule has 0 saturated carbocycles. The first-order valence-electron chi connectivity index (χ1n) is 11.5. The topological polar surface area (TPSA) is 58.6 Å². The smallest absolute Gasteiger partial charge is 0.254 e. The van der Waals surface area contributed by atoms with Gasteiger partial charge in [0.15, 0.2) is 0 Å². The largest absolute Gasteiger partial charge is 0.494 e. The van der Waals surface area contributed by atoms with Crippen molar-refractivity contribution in [2.45, 2.75) is 71.9 Å². The van der Waals surface area contributed by atoms with Gasteiger partial charge in [-0.05, 0) is 48.6 Å². The number of unbranched alkanes of at least 4 members (excludes halogenated alkanes) is 3. The fourth-order valence-corrected chi connectivity index (χ4v) is 3.95. The highest BCUT2D eigenvalue weighted by molar-refractivity contribution is 6.06. The number of rotatable bonds is 11. The standard InChI is InChI=1S/C26H34N2O3/c1-4-6-8-16-31-22-13-10-21(11-14-22)18-28-24-15-12-20(9-7-5-2)17-23(24)25(26(28)30)27-19(3)29/h10-15,17,25H,4-9,16,18H2,1-3H3,(H,27,29)/t25-/m1/s1. The van der Waals surface area contributed by atoms with Crippen molar-refractivity contribution in [1.82, 2.24) is 5.32 Å². The van der Waals surface area contributed by atoms with Crippen molar-refractivity contribution in [2.75, 3.05) is 11.5 Å². The minimum Gasteiger partial charge on any atom is -0.494 e. The van der Waals surface area contributed by atoms with Gasteiger partial charge >= 0.3 is 0 Å². The van der Waals surface area contributed by atoms with Crippen molar-refractivity contribution in [3.63, 3.8) is 0 Å². The minimum atomic E-state index is -0.616. The number of aryl methyl sites for hydroxylation is 1. The summed E-state index contributed by atoms with van der Waals surface area (Å²) in [6.45, 7) is 6.99. The molecule has 0 aromatic heterocycles. The summed E-state index contributed by atoms with van der Waals surface area (Å²) < 4.78 is 5.79. The molecule has 5 heteroatoms. The predicted octanol–water partition coefficient (Wildman–Crippen LogP) is 5.32. The first kappa shape index (κ1) is 22.9. The maximum absolute atomic E-state index is 13.2. The summed E-state index contributed by atoms with van der Waals surface area (Å²) in [6.07, 6.45) is 6.60. The van der Waals surface area contributed by atoms with E-state index in [9.17, 15) is 9.59 Å². The van der Waals surface area contributed by atoms with Gasteiger partial charge in [-0.3, -0.25) is 9.59 Å². The van der Waals surface area contributed by atoms with Gasteiger partial charge in [0.1, 0.15) is 11.8 Å². The molecular formula is C26H34N2O3. The summed E-state index contributed by atoms with van der Waals surface area (Å²) in [7, 11) is 0. The summed E-state index contributed by atoms with van der Waals surface area (Å²) in [4.78, 5) is 26.7. The second-order valence-corrected chi connectivity index (χ2v) is 8.25. The second kappa shape index (κ2) is 11.0. The number of nitrogens with one attached hydrogen (secondary N) is 1. The molecule has 2 aromatic carbocycles. The van der Waals surface area contributed by atoms with Crippen molar-refractivity contribution in [1.29, 1.82) is 0 Å². The third-order valence-electron chi connectivity index (χ3n) is 5.65. The Bertz CT molecular complexity index is 892. The molecule has 1 aliphatic heterocycles. The highest BCUT2D eigenvalue weighted by atomic mass is 16.5. The Kier molecular flexibility index (Phi) is 8.10. The summed E-state index contributed by atoms with van der Waals surface area (Å²) in [6, 6.07) is 13.5. The molecule has 0 bridgehead atoms. The van der Waals surface area contributed by atoms with Crippen LogP contribution in [0.1, 0.15) is 75.6 Å². The third-order valence-corrected chi connectivity index (χ3v) is 5.65. The summed E-state index contributed by atoms with van der Waals surface area (Å²) in [5.74, 6) is 0.567. The summed E-state index contributed by atoms with van der Waals surface area (Å²) in [5.41, 5.74) is 4.00. The molecule has 1 N–H and O–H groups in total. The van der Waals surface area contributed by atoms with E-state index in [4.69, 9.17) is 4.74 Å². The minimum absolute atomic E-state index is 0.0854. The Labute approximate surface area is 185 Å². The van der Waals surface area contributed by atoms with Crippen LogP contribution in [0.25, 0.3) is 0 Å². The number of hydrogen-bond donors (Lipinski definition) is 1. The third kappa shape index (κ3) is 5.87. The first-order chi connectivity index (χ1) is 15.0. The number of carbonyl (C=O) groups excluding carboxylic acids is 2. The molecule has 2 amide bonds. The second-order valence-electron chi connectivity index (χ2n) is 8.25. The number of ether oxygens (including phenoxy) is 1. The van der Waals surface area contributed by atoms with Gasteiger partial charge in [0.25, 0.3) is 5.91 Å². The van der Waals surface area contributed by atoms with Gasteiger partial charge in [-0.15, -0.1) is 0 Å².